The average Bonchev–Trinajstić information content (AvgIpc) is 3.19. The van der Waals surface area contributed by atoms with Crippen molar-refractivity contribution >= 4 is 28.6 Å². The van der Waals surface area contributed by atoms with Crippen molar-refractivity contribution in [2.24, 2.45) is 0 Å². The molecular formula is C20H25N3O3S. The number of imidazole rings is 1. The molecule has 0 bridgehead atoms. The summed E-state index contributed by atoms with van der Waals surface area (Å²) in [5, 5.41) is 0.730. The van der Waals surface area contributed by atoms with Gasteiger partial charge in [0, 0.05) is 30.1 Å². The number of Topliss-reactive ketones (excluding diaryl/α,β-unsaturated/α-hetero) is 1. The van der Waals surface area contributed by atoms with Gasteiger partial charge in [-0.05, 0) is 39.0 Å². The second kappa shape index (κ2) is 8.19. The number of nitrogens with one attached hydrogen (secondary N) is 1. The van der Waals surface area contributed by atoms with Gasteiger partial charge in [-0.1, -0.05) is 11.8 Å². The minimum Gasteiger partial charge on any atom is -0.497 e. The third-order valence-corrected chi connectivity index (χ3v) is 5.51. The summed E-state index contributed by atoms with van der Waals surface area (Å²) in [4.78, 5) is 20.5. The minimum atomic E-state index is 0.0991. The highest BCUT2D eigenvalue weighted by Gasteiger charge is 2.19. The first-order chi connectivity index (χ1) is 12.9. The monoisotopic (exact) mass is 387 g/mol. The van der Waals surface area contributed by atoms with Crippen LogP contribution < -0.4 is 4.74 Å². The smallest absolute Gasteiger partial charge is 0.175 e. The Labute approximate surface area is 163 Å². The molecule has 1 unspecified atom stereocenters. The van der Waals surface area contributed by atoms with Crippen LogP contribution in [0, 0.1) is 13.8 Å². The fourth-order valence-electron chi connectivity index (χ4n) is 3.43. The van der Waals surface area contributed by atoms with Crippen LogP contribution in [0.1, 0.15) is 34.7 Å². The summed E-state index contributed by atoms with van der Waals surface area (Å²) in [6, 6.07) is 7.84. The Balaban J connectivity index is 1.73. The fourth-order valence-corrected chi connectivity index (χ4v) is 4.19. The highest BCUT2D eigenvalue weighted by molar-refractivity contribution is 7.99. The molecule has 6 nitrogen and oxygen atoms in total. The fraction of sp³-hybridized carbons (Fsp3) is 0.400. The van der Waals surface area contributed by atoms with Gasteiger partial charge in [-0.15, -0.1) is 0 Å². The number of fused-ring (bicyclic) bond motifs is 1. The molecular weight excluding hydrogens is 362 g/mol. The summed E-state index contributed by atoms with van der Waals surface area (Å²) in [7, 11) is 3.33. The van der Waals surface area contributed by atoms with Crippen molar-refractivity contribution < 1.29 is 14.3 Å². The SMILES string of the molecule is COCC(C)n1c(C)cc(C(=O)CSc2nc3ccc(OC)cc3[nH]2)c1C. The largest absolute Gasteiger partial charge is 0.497 e. The van der Waals surface area contributed by atoms with E-state index in [0.29, 0.717) is 12.4 Å². The van der Waals surface area contributed by atoms with Crippen LogP contribution in [0.3, 0.4) is 0 Å². The number of ether oxygens (including phenoxy) is 2. The number of aromatic nitrogens is 3. The van der Waals surface area contributed by atoms with E-state index in [4.69, 9.17) is 9.47 Å². The quantitative estimate of drug-likeness (QED) is 0.464. The molecule has 0 radical (unpaired) electrons. The Morgan fingerprint density at radius 2 is 2.07 bits per heavy atom. The van der Waals surface area contributed by atoms with Gasteiger partial charge in [0.1, 0.15) is 5.75 Å². The number of benzene rings is 1. The van der Waals surface area contributed by atoms with Crippen molar-refractivity contribution in [1.82, 2.24) is 14.5 Å². The third-order valence-electron chi connectivity index (χ3n) is 4.64. The predicted octanol–water partition coefficient (Wildman–Crippen LogP) is 4.17. The van der Waals surface area contributed by atoms with Crippen LogP contribution in [0.15, 0.2) is 29.4 Å². The summed E-state index contributed by atoms with van der Waals surface area (Å²) in [5.74, 6) is 1.21. The first-order valence-corrected chi connectivity index (χ1v) is 9.80. The maximum atomic E-state index is 12.8. The number of methoxy groups -OCH3 is 2. The lowest BCUT2D eigenvalue weighted by Gasteiger charge is -2.17. The van der Waals surface area contributed by atoms with E-state index >= 15 is 0 Å². The molecule has 0 saturated carbocycles. The van der Waals surface area contributed by atoms with Gasteiger partial charge in [0.2, 0.25) is 0 Å². The lowest BCUT2D eigenvalue weighted by atomic mass is 10.2. The van der Waals surface area contributed by atoms with E-state index in [1.54, 1.807) is 14.2 Å². The Hall–Kier alpha value is -2.25. The molecule has 1 aromatic carbocycles. The number of carbonyl (C=O) groups is 1. The van der Waals surface area contributed by atoms with Gasteiger partial charge in [0.15, 0.2) is 10.9 Å². The van der Waals surface area contributed by atoms with Crippen molar-refractivity contribution in [3.8, 4) is 5.75 Å². The van der Waals surface area contributed by atoms with Gasteiger partial charge in [-0.25, -0.2) is 4.98 Å². The second-order valence-corrected chi connectivity index (χ2v) is 7.56. The summed E-state index contributed by atoms with van der Waals surface area (Å²) < 4.78 is 12.6. The molecule has 1 N–H and O–H groups in total. The van der Waals surface area contributed by atoms with Gasteiger partial charge in [-0.2, -0.15) is 0 Å². The highest BCUT2D eigenvalue weighted by atomic mass is 32.2. The number of nitrogens with zero attached hydrogens (tertiary/aromatic N) is 2. The minimum absolute atomic E-state index is 0.0991. The zero-order valence-electron chi connectivity index (χ0n) is 16.3. The van der Waals surface area contributed by atoms with Crippen LogP contribution >= 0.6 is 11.8 Å². The number of thioether (sulfide) groups is 1. The molecule has 3 aromatic rings. The normalized spacial score (nSPS) is 12.5. The standard InChI is InChI=1S/C20H25N3O3S/c1-12-8-16(14(3)23(12)13(2)10-25-4)19(24)11-27-20-21-17-7-6-15(26-5)9-18(17)22-20/h6-9,13H,10-11H2,1-5H3,(H,21,22). The highest BCUT2D eigenvalue weighted by Crippen LogP contribution is 2.26. The second-order valence-electron chi connectivity index (χ2n) is 6.60. The topological polar surface area (TPSA) is 69.1 Å². The zero-order chi connectivity index (χ0) is 19.6. The molecule has 0 aliphatic carbocycles. The molecule has 3 rings (SSSR count). The van der Waals surface area contributed by atoms with Gasteiger partial charge < -0.3 is 19.0 Å². The molecule has 7 heteroatoms. The third kappa shape index (κ3) is 4.04. The molecule has 144 valence electrons. The van der Waals surface area contributed by atoms with Crippen LogP contribution in [-0.4, -0.2) is 46.9 Å². The first-order valence-electron chi connectivity index (χ1n) is 8.81. The zero-order valence-corrected chi connectivity index (χ0v) is 17.1. The summed E-state index contributed by atoms with van der Waals surface area (Å²) in [6.07, 6.45) is 0. The molecule has 0 fully saturated rings. The Morgan fingerprint density at radius 1 is 1.30 bits per heavy atom. The average molecular weight is 388 g/mol. The number of aromatic amines is 1. The van der Waals surface area contributed by atoms with Crippen LogP contribution in [0.5, 0.6) is 5.75 Å². The van der Waals surface area contributed by atoms with Gasteiger partial charge >= 0.3 is 0 Å². The van der Waals surface area contributed by atoms with E-state index in [-0.39, 0.29) is 11.8 Å². The van der Waals surface area contributed by atoms with Crippen molar-refractivity contribution in [3.05, 3.63) is 41.2 Å². The van der Waals surface area contributed by atoms with Crippen LogP contribution in [0.25, 0.3) is 11.0 Å². The molecule has 0 amide bonds. The predicted molar refractivity (Wildman–Crippen MR) is 108 cm³/mol. The molecule has 2 heterocycles. The number of hydrogen-bond donors (Lipinski definition) is 1. The maximum absolute atomic E-state index is 12.8. The van der Waals surface area contributed by atoms with Crippen molar-refractivity contribution in [2.75, 3.05) is 26.6 Å². The molecule has 0 saturated heterocycles. The Kier molecular flexibility index (Phi) is 5.92. The number of aryl methyl sites for hydroxylation is 1. The number of hydrogen-bond acceptors (Lipinski definition) is 5. The molecule has 0 spiro atoms. The Bertz CT molecular complexity index is 961. The van der Waals surface area contributed by atoms with Gasteiger partial charge in [-0.3, -0.25) is 4.79 Å². The lowest BCUT2D eigenvalue weighted by Crippen LogP contribution is -2.14. The first kappa shape index (κ1) is 19.5. The summed E-state index contributed by atoms with van der Waals surface area (Å²) in [6.45, 7) is 6.72. The Morgan fingerprint density at radius 3 is 2.78 bits per heavy atom. The molecule has 2 aromatic heterocycles. The molecule has 27 heavy (non-hydrogen) atoms. The number of H-pyrrole nitrogens is 1. The van der Waals surface area contributed by atoms with E-state index in [0.717, 1.165) is 38.9 Å². The molecule has 0 aliphatic heterocycles. The van der Waals surface area contributed by atoms with Crippen molar-refractivity contribution in [1.29, 1.82) is 0 Å². The lowest BCUT2D eigenvalue weighted by molar-refractivity contribution is 0.102. The number of ketones is 1. The van der Waals surface area contributed by atoms with E-state index in [9.17, 15) is 4.79 Å². The van der Waals surface area contributed by atoms with Crippen LogP contribution in [-0.2, 0) is 4.74 Å². The van der Waals surface area contributed by atoms with E-state index in [1.807, 2.05) is 38.1 Å². The van der Waals surface area contributed by atoms with Crippen molar-refractivity contribution in [2.45, 2.75) is 32.0 Å². The van der Waals surface area contributed by atoms with E-state index < -0.39 is 0 Å². The summed E-state index contributed by atoms with van der Waals surface area (Å²) >= 11 is 1.41. The van der Waals surface area contributed by atoms with Gasteiger partial charge in [0.05, 0.1) is 36.5 Å². The number of rotatable bonds is 8. The van der Waals surface area contributed by atoms with Crippen LogP contribution in [0.4, 0.5) is 0 Å². The number of carbonyl (C=O) groups excluding carboxylic acids is 1. The van der Waals surface area contributed by atoms with Crippen LogP contribution in [0.2, 0.25) is 0 Å². The van der Waals surface area contributed by atoms with Crippen molar-refractivity contribution in [3.63, 3.8) is 0 Å². The molecule has 0 aliphatic rings. The van der Waals surface area contributed by atoms with E-state index in [2.05, 4.69) is 21.5 Å². The maximum Gasteiger partial charge on any atom is 0.175 e. The van der Waals surface area contributed by atoms with Gasteiger partial charge in [0.25, 0.3) is 0 Å². The molecule has 1 atom stereocenters. The summed E-state index contributed by atoms with van der Waals surface area (Å²) in [5.41, 5.74) is 4.58. The van der Waals surface area contributed by atoms with E-state index in [1.165, 1.54) is 11.8 Å².